The standard InChI is InChI=1S/C35H49N3O7/c1-6-10-17-28(40)44-22-26(24-15-12-11-13-16-24)36-32(41)29-27-18-19-35(45-27)30(29)33(42)38(25(9-4)21-39)31(35)34(43)37(20-8-3)23(5)14-7-2/h6,8,11-13,15-16,23,25-27,29-31,39H,1,3,7,9-10,14,17-22H2,2,4-5H3,(H,36,41)/t23?,25-,26-,27+,29-,30-,31+,35-/m0/s1. The second-order valence-corrected chi connectivity index (χ2v) is 12.4. The third kappa shape index (κ3) is 6.72. The Labute approximate surface area is 266 Å². The number of nitrogens with one attached hydrogen (secondary N) is 1. The van der Waals surface area contributed by atoms with Crippen molar-refractivity contribution in [3.63, 3.8) is 0 Å². The zero-order valence-electron chi connectivity index (χ0n) is 26.9. The van der Waals surface area contributed by atoms with Gasteiger partial charge in [-0.3, -0.25) is 19.2 Å². The topological polar surface area (TPSA) is 125 Å². The highest BCUT2D eigenvalue weighted by Gasteiger charge is 2.75. The van der Waals surface area contributed by atoms with Crippen molar-refractivity contribution in [2.75, 3.05) is 19.8 Å². The minimum Gasteiger partial charge on any atom is -0.463 e. The van der Waals surface area contributed by atoms with Crippen LogP contribution < -0.4 is 5.32 Å². The molecule has 3 aliphatic rings. The summed E-state index contributed by atoms with van der Waals surface area (Å²) < 4.78 is 12.1. The van der Waals surface area contributed by atoms with E-state index in [9.17, 15) is 24.3 Å². The number of rotatable bonds is 17. The normalized spacial score (nSPS) is 26.9. The van der Waals surface area contributed by atoms with E-state index in [1.165, 1.54) is 4.90 Å². The number of hydrogen-bond acceptors (Lipinski definition) is 7. The zero-order chi connectivity index (χ0) is 32.7. The molecule has 1 unspecified atom stereocenters. The van der Waals surface area contributed by atoms with E-state index in [1.807, 2.05) is 44.2 Å². The summed E-state index contributed by atoms with van der Waals surface area (Å²) in [6, 6.07) is 6.91. The van der Waals surface area contributed by atoms with Gasteiger partial charge in [-0.15, -0.1) is 13.2 Å². The van der Waals surface area contributed by atoms with Crippen molar-refractivity contribution in [2.24, 2.45) is 11.8 Å². The van der Waals surface area contributed by atoms with Crippen LogP contribution in [0.25, 0.3) is 0 Å². The van der Waals surface area contributed by atoms with Crippen molar-refractivity contribution in [3.8, 4) is 0 Å². The van der Waals surface area contributed by atoms with Gasteiger partial charge in [-0.05, 0) is 44.6 Å². The predicted molar refractivity (Wildman–Crippen MR) is 170 cm³/mol. The van der Waals surface area contributed by atoms with Gasteiger partial charge in [-0.25, -0.2) is 0 Å². The molecule has 0 radical (unpaired) electrons. The SMILES string of the molecule is C=CCCC(=O)OC[C@H](NC(=O)[C@@H]1[C@H]2C(=O)N([C@@H](CC)CO)[C@H](C(=O)N(CC=C)C(C)CCC)[C@]23CC[C@H]1O3)c1ccccc1. The number of aliphatic hydroxyl groups is 1. The maximum absolute atomic E-state index is 14.5. The molecule has 3 heterocycles. The molecule has 45 heavy (non-hydrogen) atoms. The molecule has 10 heteroatoms. The molecule has 1 spiro atoms. The van der Waals surface area contributed by atoms with Gasteiger partial charge in [-0.2, -0.15) is 0 Å². The van der Waals surface area contributed by atoms with Crippen molar-refractivity contribution in [2.45, 2.75) is 102 Å². The molecule has 3 aliphatic heterocycles. The Morgan fingerprint density at radius 1 is 1.22 bits per heavy atom. The van der Waals surface area contributed by atoms with Crippen LogP contribution in [0.15, 0.2) is 55.6 Å². The molecule has 0 aliphatic carbocycles. The minimum absolute atomic E-state index is 0.0742. The summed E-state index contributed by atoms with van der Waals surface area (Å²) in [5.74, 6) is -3.09. The molecule has 246 valence electrons. The molecule has 1 aromatic rings. The van der Waals surface area contributed by atoms with Gasteiger partial charge in [0.1, 0.15) is 18.2 Å². The lowest BCUT2D eigenvalue weighted by Crippen LogP contribution is -2.60. The maximum atomic E-state index is 14.5. The Morgan fingerprint density at radius 2 is 1.96 bits per heavy atom. The fraction of sp³-hybridized carbons (Fsp3) is 0.600. The van der Waals surface area contributed by atoms with E-state index < -0.39 is 47.6 Å². The number of esters is 1. The molecule has 3 fully saturated rings. The van der Waals surface area contributed by atoms with Crippen molar-refractivity contribution < 1.29 is 33.8 Å². The predicted octanol–water partition coefficient (Wildman–Crippen LogP) is 3.70. The first-order valence-electron chi connectivity index (χ1n) is 16.3. The highest BCUT2D eigenvalue weighted by molar-refractivity contribution is 5.99. The second kappa shape index (κ2) is 15.2. The van der Waals surface area contributed by atoms with Crippen molar-refractivity contribution in [1.29, 1.82) is 0 Å². The Balaban J connectivity index is 1.66. The molecule has 8 atom stereocenters. The fourth-order valence-electron chi connectivity index (χ4n) is 7.48. The Hall–Kier alpha value is -3.50. The minimum atomic E-state index is -1.19. The molecule has 3 amide bonds. The molecule has 1 aromatic carbocycles. The molecule has 4 rings (SSSR count). The number of fused-ring (bicyclic) bond motifs is 1. The molecule has 2 bridgehead atoms. The Kier molecular flexibility index (Phi) is 11.6. The summed E-state index contributed by atoms with van der Waals surface area (Å²) in [6.45, 7) is 13.3. The largest absolute Gasteiger partial charge is 0.463 e. The van der Waals surface area contributed by atoms with Gasteiger partial charge in [0, 0.05) is 19.0 Å². The number of carbonyl (C=O) groups excluding carboxylic acids is 4. The number of aliphatic hydroxyl groups excluding tert-OH is 1. The van der Waals surface area contributed by atoms with Gasteiger partial charge in [0.15, 0.2) is 0 Å². The summed E-state index contributed by atoms with van der Waals surface area (Å²) in [4.78, 5) is 58.6. The molecular weight excluding hydrogens is 574 g/mol. The van der Waals surface area contributed by atoms with Gasteiger partial charge >= 0.3 is 5.97 Å². The van der Waals surface area contributed by atoms with Crippen LogP contribution in [0.5, 0.6) is 0 Å². The number of nitrogens with zero attached hydrogens (tertiary/aromatic N) is 2. The van der Waals surface area contributed by atoms with Crippen LogP contribution in [-0.4, -0.2) is 88.2 Å². The van der Waals surface area contributed by atoms with Crippen LogP contribution in [0.3, 0.4) is 0 Å². The highest BCUT2D eigenvalue weighted by atomic mass is 16.5. The number of likely N-dealkylation sites (tertiary alicyclic amines) is 1. The monoisotopic (exact) mass is 623 g/mol. The summed E-state index contributed by atoms with van der Waals surface area (Å²) in [5.41, 5.74) is -0.432. The summed E-state index contributed by atoms with van der Waals surface area (Å²) >= 11 is 0. The first-order chi connectivity index (χ1) is 21.7. The molecule has 0 aromatic heterocycles. The number of ether oxygens (including phenoxy) is 2. The van der Waals surface area contributed by atoms with E-state index in [-0.39, 0.29) is 43.4 Å². The van der Waals surface area contributed by atoms with Crippen molar-refractivity contribution in [1.82, 2.24) is 15.1 Å². The van der Waals surface area contributed by atoms with Gasteiger partial charge in [-0.1, -0.05) is 62.8 Å². The molecule has 2 N–H and O–H groups in total. The first kappa shape index (κ1) is 34.4. The van der Waals surface area contributed by atoms with Crippen LogP contribution in [0.4, 0.5) is 0 Å². The fourth-order valence-corrected chi connectivity index (χ4v) is 7.48. The highest BCUT2D eigenvalue weighted by Crippen LogP contribution is 2.59. The van der Waals surface area contributed by atoms with Gasteiger partial charge in [0.05, 0.1) is 36.6 Å². The molecule has 0 saturated carbocycles. The van der Waals surface area contributed by atoms with E-state index in [0.29, 0.717) is 32.2 Å². The van der Waals surface area contributed by atoms with Gasteiger partial charge in [0.25, 0.3) is 0 Å². The lowest BCUT2D eigenvalue weighted by molar-refractivity contribution is -0.152. The maximum Gasteiger partial charge on any atom is 0.306 e. The van der Waals surface area contributed by atoms with E-state index in [1.54, 1.807) is 17.1 Å². The number of hydrogen-bond donors (Lipinski definition) is 2. The second-order valence-electron chi connectivity index (χ2n) is 12.4. The summed E-state index contributed by atoms with van der Waals surface area (Å²) in [6.07, 6.45) is 6.53. The van der Waals surface area contributed by atoms with E-state index in [4.69, 9.17) is 9.47 Å². The lowest BCUT2D eigenvalue weighted by atomic mass is 9.70. The van der Waals surface area contributed by atoms with Crippen LogP contribution in [0, 0.1) is 11.8 Å². The third-order valence-corrected chi connectivity index (χ3v) is 9.68. The Morgan fingerprint density at radius 3 is 2.58 bits per heavy atom. The number of carbonyl (C=O) groups is 4. The zero-order valence-corrected chi connectivity index (χ0v) is 26.9. The quantitative estimate of drug-likeness (QED) is 0.200. The Bertz CT molecular complexity index is 1230. The average Bonchev–Trinajstić information content (AvgIpc) is 3.69. The number of allylic oxidation sites excluding steroid dienone is 1. The average molecular weight is 624 g/mol. The summed E-state index contributed by atoms with van der Waals surface area (Å²) in [5, 5.41) is 13.4. The van der Waals surface area contributed by atoms with Crippen molar-refractivity contribution in [3.05, 3.63) is 61.2 Å². The lowest BCUT2D eigenvalue weighted by Gasteiger charge is -2.40. The smallest absolute Gasteiger partial charge is 0.306 e. The van der Waals surface area contributed by atoms with Crippen molar-refractivity contribution >= 4 is 23.7 Å². The van der Waals surface area contributed by atoms with Crippen LogP contribution in [0.2, 0.25) is 0 Å². The molecule has 10 nitrogen and oxygen atoms in total. The van der Waals surface area contributed by atoms with Crippen LogP contribution in [0.1, 0.15) is 77.3 Å². The van der Waals surface area contributed by atoms with E-state index >= 15 is 0 Å². The summed E-state index contributed by atoms with van der Waals surface area (Å²) in [7, 11) is 0. The number of amides is 3. The molecule has 3 saturated heterocycles. The van der Waals surface area contributed by atoms with Crippen LogP contribution in [-0.2, 0) is 28.7 Å². The van der Waals surface area contributed by atoms with E-state index in [2.05, 4.69) is 25.4 Å². The third-order valence-electron chi connectivity index (χ3n) is 9.68. The molecular formula is C35H49N3O7. The van der Waals surface area contributed by atoms with Crippen LogP contribution >= 0.6 is 0 Å². The first-order valence-corrected chi connectivity index (χ1v) is 16.3. The van der Waals surface area contributed by atoms with Gasteiger partial charge < -0.3 is 29.7 Å². The van der Waals surface area contributed by atoms with Gasteiger partial charge in [0.2, 0.25) is 17.7 Å². The number of benzene rings is 1. The van der Waals surface area contributed by atoms with E-state index in [0.717, 1.165) is 18.4 Å².